The summed E-state index contributed by atoms with van der Waals surface area (Å²) in [6, 6.07) is 16.5. The molecule has 3 aromatic rings. The first kappa shape index (κ1) is 15.3. The van der Waals surface area contributed by atoms with Gasteiger partial charge in [-0.15, -0.1) is 0 Å². The Kier molecular flexibility index (Phi) is 4.00. The molecule has 0 aliphatic carbocycles. The van der Waals surface area contributed by atoms with Crippen LogP contribution in [0.15, 0.2) is 48.5 Å². The van der Waals surface area contributed by atoms with Gasteiger partial charge >= 0.3 is 0 Å². The monoisotopic (exact) mass is 317 g/mol. The van der Waals surface area contributed by atoms with Crippen LogP contribution in [0.1, 0.15) is 5.56 Å². The fraction of sp³-hybridized carbons (Fsp3) is 0.0556. The number of hydrogen-bond acceptors (Lipinski definition) is 6. The van der Waals surface area contributed by atoms with Crippen molar-refractivity contribution in [1.82, 2.24) is 9.97 Å². The van der Waals surface area contributed by atoms with Crippen molar-refractivity contribution in [2.24, 2.45) is 0 Å². The maximum atomic E-state index is 9.39. The Morgan fingerprint density at radius 3 is 2.12 bits per heavy atom. The molecule has 0 radical (unpaired) electrons. The Bertz CT molecular complexity index is 912. The van der Waals surface area contributed by atoms with E-state index in [-0.39, 0.29) is 11.4 Å². The van der Waals surface area contributed by atoms with Crippen molar-refractivity contribution >= 4 is 11.5 Å². The van der Waals surface area contributed by atoms with Crippen LogP contribution in [-0.4, -0.2) is 17.1 Å². The van der Waals surface area contributed by atoms with E-state index in [4.69, 9.17) is 16.2 Å². The maximum Gasteiger partial charge on any atom is 0.162 e. The summed E-state index contributed by atoms with van der Waals surface area (Å²) in [6.07, 6.45) is 0. The number of nitriles is 1. The van der Waals surface area contributed by atoms with Gasteiger partial charge in [0, 0.05) is 16.8 Å². The summed E-state index contributed by atoms with van der Waals surface area (Å²) >= 11 is 0. The third-order valence-corrected chi connectivity index (χ3v) is 3.58. The molecule has 1 aromatic heterocycles. The number of benzene rings is 2. The normalized spacial score (nSPS) is 10.2. The maximum absolute atomic E-state index is 9.39. The molecule has 0 atom stereocenters. The zero-order chi connectivity index (χ0) is 17.1. The van der Waals surface area contributed by atoms with Crippen molar-refractivity contribution in [2.75, 3.05) is 18.6 Å². The number of nitrogens with zero attached hydrogens (tertiary/aromatic N) is 3. The van der Waals surface area contributed by atoms with Crippen LogP contribution in [0.2, 0.25) is 0 Å². The van der Waals surface area contributed by atoms with Crippen molar-refractivity contribution < 1.29 is 4.74 Å². The van der Waals surface area contributed by atoms with E-state index < -0.39 is 0 Å². The van der Waals surface area contributed by atoms with E-state index in [1.807, 2.05) is 24.3 Å². The summed E-state index contributed by atoms with van der Waals surface area (Å²) in [7, 11) is 1.60. The molecule has 0 bridgehead atoms. The van der Waals surface area contributed by atoms with Crippen LogP contribution < -0.4 is 16.2 Å². The molecular weight excluding hydrogens is 302 g/mol. The predicted molar refractivity (Wildman–Crippen MR) is 93.0 cm³/mol. The van der Waals surface area contributed by atoms with Crippen molar-refractivity contribution in [3.05, 3.63) is 54.1 Å². The van der Waals surface area contributed by atoms with Crippen LogP contribution in [0.25, 0.3) is 22.6 Å². The molecule has 0 unspecified atom stereocenters. The van der Waals surface area contributed by atoms with Gasteiger partial charge in [-0.05, 0) is 36.4 Å². The largest absolute Gasteiger partial charge is 0.497 e. The summed E-state index contributed by atoms with van der Waals surface area (Å²) < 4.78 is 5.15. The van der Waals surface area contributed by atoms with Crippen LogP contribution >= 0.6 is 0 Å². The minimum Gasteiger partial charge on any atom is -0.497 e. The van der Waals surface area contributed by atoms with Crippen LogP contribution in [0.5, 0.6) is 5.75 Å². The molecule has 0 saturated heterocycles. The highest BCUT2D eigenvalue weighted by atomic mass is 16.5. The van der Waals surface area contributed by atoms with Gasteiger partial charge in [0.15, 0.2) is 5.82 Å². The molecule has 0 spiro atoms. The fourth-order valence-electron chi connectivity index (χ4n) is 2.31. The summed E-state index contributed by atoms with van der Waals surface area (Å²) in [4.78, 5) is 8.79. The molecule has 6 nitrogen and oxygen atoms in total. The molecule has 24 heavy (non-hydrogen) atoms. The van der Waals surface area contributed by atoms with Crippen molar-refractivity contribution in [1.29, 1.82) is 5.26 Å². The lowest BCUT2D eigenvalue weighted by Crippen LogP contribution is -2.03. The number of anilines is 2. The topological polar surface area (TPSA) is 111 Å². The first-order chi connectivity index (χ1) is 11.6. The van der Waals surface area contributed by atoms with Gasteiger partial charge in [-0.25, -0.2) is 9.97 Å². The molecule has 3 rings (SSSR count). The molecule has 0 fully saturated rings. The second-order valence-electron chi connectivity index (χ2n) is 5.12. The Balaban J connectivity index is 2.15. The van der Waals surface area contributed by atoms with E-state index in [1.165, 1.54) is 0 Å². The van der Waals surface area contributed by atoms with E-state index in [9.17, 15) is 5.26 Å². The summed E-state index contributed by atoms with van der Waals surface area (Å²) in [5, 5.41) is 9.39. The van der Waals surface area contributed by atoms with E-state index in [0.717, 1.165) is 16.9 Å². The number of hydrogen-bond donors (Lipinski definition) is 2. The molecule has 0 saturated carbocycles. The zero-order valence-electron chi connectivity index (χ0n) is 13.0. The quantitative estimate of drug-likeness (QED) is 0.719. The van der Waals surface area contributed by atoms with Gasteiger partial charge < -0.3 is 16.2 Å². The van der Waals surface area contributed by atoms with Gasteiger partial charge in [0.1, 0.15) is 23.2 Å². The lowest BCUT2D eigenvalue weighted by molar-refractivity contribution is 0.415. The molecule has 0 aliphatic heterocycles. The van der Waals surface area contributed by atoms with E-state index in [2.05, 4.69) is 16.0 Å². The van der Waals surface area contributed by atoms with Crippen molar-refractivity contribution in [3.8, 4) is 34.5 Å². The molecule has 4 N–H and O–H groups in total. The first-order valence-corrected chi connectivity index (χ1v) is 7.20. The minimum atomic E-state index is 0.144. The third kappa shape index (κ3) is 2.83. The highest BCUT2D eigenvalue weighted by Crippen LogP contribution is 2.29. The van der Waals surface area contributed by atoms with E-state index in [1.54, 1.807) is 31.4 Å². The SMILES string of the molecule is COc1ccc(-c2nc(N)c(C#N)c(-c3ccc(N)cc3)n2)cc1. The van der Waals surface area contributed by atoms with Crippen LogP contribution in [0, 0.1) is 11.3 Å². The highest BCUT2D eigenvalue weighted by molar-refractivity contribution is 5.75. The Morgan fingerprint density at radius 2 is 1.54 bits per heavy atom. The van der Waals surface area contributed by atoms with E-state index in [0.29, 0.717) is 17.2 Å². The van der Waals surface area contributed by atoms with Crippen LogP contribution in [0.4, 0.5) is 11.5 Å². The first-order valence-electron chi connectivity index (χ1n) is 7.20. The number of methoxy groups -OCH3 is 1. The average molecular weight is 317 g/mol. The van der Waals surface area contributed by atoms with Gasteiger partial charge in [-0.3, -0.25) is 0 Å². The fourth-order valence-corrected chi connectivity index (χ4v) is 2.31. The third-order valence-electron chi connectivity index (χ3n) is 3.58. The second kappa shape index (κ2) is 6.26. The van der Waals surface area contributed by atoms with Crippen LogP contribution in [-0.2, 0) is 0 Å². The minimum absolute atomic E-state index is 0.144. The summed E-state index contributed by atoms with van der Waals surface area (Å²) in [5.41, 5.74) is 14.6. The summed E-state index contributed by atoms with van der Waals surface area (Å²) in [6.45, 7) is 0. The molecule has 2 aromatic carbocycles. The Labute approximate surface area is 139 Å². The second-order valence-corrected chi connectivity index (χ2v) is 5.12. The van der Waals surface area contributed by atoms with Gasteiger partial charge in [-0.1, -0.05) is 12.1 Å². The standard InChI is InChI=1S/C18H15N5O/c1-24-14-8-4-12(5-9-14)18-22-16(15(10-19)17(21)23-18)11-2-6-13(20)7-3-11/h2-9H,20H2,1H3,(H2,21,22,23). The smallest absolute Gasteiger partial charge is 0.162 e. The van der Waals surface area contributed by atoms with Crippen molar-refractivity contribution in [3.63, 3.8) is 0 Å². The van der Waals surface area contributed by atoms with Crippen LogP contribution in [0.3, 0.4) is 0 Å². The number of aromatic nitrogens is 2. The number of nitrogens with two attached hydrogens (primary N) is 2. The molecule has 6 heteroatoms. The molecule has 0 amide bonds. The number of rotatable bonds is 3. The van der Waals surface area contributed by atoms with Gasteiger partial charge in [0.05, 0.1) is 12.8 Å². The van der Waals surface area contributed by atoms with Gasteiger partial charge in [0.25, 0.3) is 0 Å². The summed E-state index contributed by atoms with van der Waals surface area (Å²) in [5.74, 6) is 1.32. The predicted octanol–water partition coefficient (Wildman–Crippen LogP) is 2.86. The molecule has 0 aliphatic rings. The highest BCUT2D eigenvalue weighted by Gasteiger charge is 2.15. The number of ether oxygens (including phenoxy) is 1. The lowest BCUT2D eigenvalue weighted by Gasteiger charge is -2.09. The van der Waals surface area contributed by atoms with Crippen molar-refractivity contribution in [2.45, 2.75) is 0 Å². The Morgan fingerprint density at radius 1 is 0.917 bits per heavy atom. The molecular formula is C18H15N5O. The van der Waals surface area contributed by atoms with Gasteiger partial charge in [0.2, 0.25) is 0 Å². The number of nitrogen functional groups attached to an aromatic ring is 2. The van der Waals surface area contributed by atoms with Gasteiger partial charge in [-0.2, -0.15) is 5.26 Å². The lowest BCUT2D eigenvalue weighted by atomic mass is 10.1. The van der Waals surface area contributed by atoms with E-state index >= 15 is 0 Å². The Hall–Kier alpha value is -3.59. The average Bonchev–Trinajstić information content (AvgIpc) is 2.62. The molecule has 118 valence electrons. The zero-order valence-corrected chi connectivity index (χ0v) is 13.0. The molecule has 1 heterocycles.